The van der Waals surface area contributed by atoms with E-state index in [0.717, 1.165) is 22.0 Å². The van der Waals surface area contributed by atoms with Crippen molar-refractivity contribution in [2.75, 3.05) is 0 Å². The predicted molar refractivity (Wildman–Crippen MR) is 121 cm³/mol. The number of fused-ring (bicyclic) bond motifs is 1. The van der Waals surface area contributed by atoms with Crippen molar-refractivity contribution < 1.29 is 4.79 Å². The first-order chi connectivity index (χ1) is 14.5. The quantitative estimate of drug-likeness (QED) is 0.517. The molecule has 3 aromatic carbocycles. The van der Waals surface area contributed by atoms with E-state index in [1.807, 2.05) is 67.6 Å². The molecule has 4 aromatic rings. The number of rotatable bonds is 5. The highest BCUT2D eigenvalue weighted by Crippen LogP contribution is 2.19. The zero-order chi connectivity index (χ0) is 21.1. The highest BCUT2D eigenvalue weighted by atomic mass is 16.2. The Morgan fingerprint density at radius 3 is 2.17 bits per heavy atom. The van der Waals surface area contributed by atoms with Crippen LogP contribution in [0.3, 0.4) is 0 Å². The Morgan fingerprint density at radius 2 is 1.47 bits per heavy atom. The number of hydrogen-bond donors (Lipinski definition) is 1. The minimum absolute atomic E-state index is 0.0981. The molecular formula is C26H24N2O2. The average Bonchev–Trinajstić information content (AvgIpc) is 2.76. The maximum atomic E-state index is 13.2. The van der Waals surface area contributed by atoms with Gasteiger partial charge in [-0.25, -0.2) is 0 Å². The molecule has 4 heteroatoms. The third-order valence-corrected chi connectivity index (χ3v) is 5.42. The summed E-state index contributed by atoms with van der Waals surface area (Å²) in [7, 11) is 0. The van der Waals surface area contributed by atoms with Gasteiger partial charge < -0.3 is 9.88 Å². The van der Waals surface area contributed by atoms with Gasteiger partial charge >= 0.3 is 0 Å². The summed E-state index contributed by atoms with van der Waals surface area (Å²) < 4.78 is 0. The molecule has 0 fully saturated rings. The lowest BCUT2D eigenvalue weighted by Crippen LogP contribution is -2.32. The number of nitrogens with one attached hydrogen (secondary N) is 1. The summed E-state index contributed by atoms with van der Waals surface area (Å²) in [5, 5.41) is 0.972. The Hall–Kier alpha value is -3.66. The fourth-order valence-electron chi connectivity index (χ4n) is 3.61. The number of pyridine rings is 1. The normalized spacial score (nSPS) is 10.9. The molecule has 1 N–H and O–H groups in total. The molecule has 0 atom stereocenters. The fraction of sp³-hybridized carbons (Fsp3) is 0.154. The van der Waals surface area contributed by atoms with E-state index in [-0.39, 0.29) is 18.0 Å². The number of carbonyl (C=O) groups excluding carboxylic acids is 1. The zero-order valence-electron chi connectivity index (χ0n) is 17.2. The predicted octanol–water partition coefficient (Wildman–Crippen LogP) is 4.99. The Labute approximate surface area is 175 Å². The van der Waals surface area contributed by atoms with E-state index in [1.54, 1.807) is 17.0 Å². The van der Waals surface area contributed by atoms with Gasteiger partial charge in [0.15, 0.2) is 0 Å². The molecule has 0 saturated heterocycles. The Balaban J connectivity index is 1.72. The second-order valence-corrected chi connectivity index (χ2v) is 7.66. The first-order valence-corrected chi connectivity index (χ1v) is 10.0. The SMILES string of the molecule is Cc1cc2cc(CN(Cc3ccccc3)C(=O)c3ccccc3)c(=O)[nH]c2cc1C. The number of aromatic nitrogens is 1. The number of carbonyl (C=O) groups is 1. The van der Waals surface area contributed by atoms with Gasteiger partial charge in [0.05, 0.1) is 6.54 Å². The van der Waals surface area contributed by atoms with E-state index in [9.17, 15) is 9.59 Å². The van der Waals surface area contributed by atoms with Crippen molar-refractivity contribution in [2.24, 2.45) is 0 Å². The van der Waals surface area contributed by atoms with E-state index in [4.69, 9.17) is 0 Å². The topological polar surface area (TPSA) is 53.2 Å². The van der Waals surface area contributed by atoms with Gasteiger partial charge in [0.2, 0.25) is 0 Å². The van der Waals surface area contributed by atoms with Crippen molar-refractivity contribution in [1.82, 2.24) is 9.88 Å². The van der Waals surface area contributed by atoms with E-state index >= 15 is 0 Å². The van der Waals surface area contributed by atoms with Crippen LogP contribution in [-0.4, -0.2) is 15.8 Å². The van der Waals surface area contributed by atoms with Crippen LogP contribution in [0.5, 0.6) is 0 Å². The number of aromatic amines is 1. The van der Waals surface area contributed by atoms with Crippen molar-refractivity contribution >= 4 is 16.8 Å². The van der Waals surface area contributed by atoms with E-state index < -0.39 is 0 Å². The van der Waals surface area contributed by atoms with Crippen LogP contribution in [0.15, 0.2) is 83.7 Å². The van der Waals surface area contributed by atoms with Gasteiger partial charge in [0.1, 0.15) is 0 Å². The number of benzene rings is 3. The maximum Gasteiger partial charge on any atom is 0.254 e. The number of H-pyrrole nitrogens is 1. The first-order valence-electron chi connectivity index (χ1n) is 10.0. The van der Waals surface area contributed by atoms with Crippen molar-refractivity contribution in [1.29, 1.82) is 0 Å². The van der Waals surface area contributed by atoms with Crippen molar-refractivity contribution in [3.8, 4) is 0 Å². The fourth-order valence-corrected chi connectivity index (χ4v) is 3.61. The third-order valence-electron chi connectivity index (χ3n) is 5.42. The molecule has 0 bridgehead atoms. The monoisotopic (exact) mass is 396 g/mol. The number of amides is 1. The largest absolute Gasteiger partial charge is 0.330 e. The lowest BCUT2D eigenvalue weighted by molar-refractivity contribution is 0.0729. The average molecular weight is 396 g/mol. The molecular weight excluding hydrogens is 372 g/mol. The minimum atomic E-state index is -0.162. The van der Waals surface area contributed by atoms with Crippen LogP contribution in [0.4, 0.5) is 0 Å². The molecule has 0 aliphatic heterocycles. The molecule has 4 nitrogen and oxygen atoms in total. The summed E-state index contributed by atoms with van der Waals surface area (Å²) in [6.45, 7) is 4.75. The summed E-state index contributed by atoms with van der Waals surface area (Å²) in [5.41, 5.74) is 5.16. The first kappa shape index (κ1) is 19.6. The lowest BCUT2D eigenvalue weighted by Gasteiger charge is -2.23. The van der Waals surface area contributed by atoms with Gasteiger partial charge in [-0.1, -0.05) is 48.5 Å². The lowest BCUT2D eigenvalue weighted by atomic mass is 10.0. The standard InChI is InChI=1S/C26H24N2O2/c1-18-13-22-15-23(25(29)27-24(22)14-19(18)2)17-28(16-20-9-5-3-6-10-20)26(30)21-11-7-4-8-12-21/h3-15H,16-17H2,1-2H3,(H,27,29). The summed E-state index contributed by atoms with van der Waals surface area (Å²) in [6, 6.07) is 25.0. The van der Waals surface area contributed by atoms with Gasteiger partial charge in [-0.2, -0.15) is 0 Å². The molecule has 0 unspecified atom stereocenters. The Kier molecular flexibility index (Phi) is 5.48. The molecule has 1 aromatic heterocycles. The highest BCUT2D eigenvalue weighted by molar-refractivity contribution is 5.94. The smallest absolute Gasteiger partial charge is 0.254 e. The Bertz CT molecular complexity index is 1240. The highest BCUT2D eigenvalue weighted by Gasteiger charge is 2.18. The molecule has 4 rings (SSSR count). The van der Waals surface area contributed by atoms with Gasteiger partial charge in [-0.05, 0) is 66.3 Å². The van der Waals surface area contributed by atoms with Gasteiger partial charge in [-0.3, -0.25) is 9.59 Å². The molecule has 1 heterocycles. The van der Waals surface area contributed by atoms with Crippen molar-refractivity contribution in [3.05, 3.63) is 117 Å². The number of aryl methyl sites for hydroxylation is 2. The maximum absolute atomic E-state index is 13.2. The van der Waals surface area contributed by atoms with E-state index in [0.29, 0.717) is 17.7 Å². The van der Waals surface area contributed by atoms with Crippen LogP contribution in [-0.2, 0) is 13.1 Å². The molecule has 0 saturated carbocycles. The molecule has 0 aliphatic rings. The zero-order valence-corrected chi connectivity index (χ0v) is 17.2. The van der Waals surface area contributed by atoms with Crippen LogP contribution in [0.1, 0.15) is 32.6 Å². The van der Waals surface area contributed by atoms with Crippen LogP contribution in [0.2, 0.25) is 0 Å². The summed E-state index contributed by atoms with van der Waals surface area (Å²) in [5.74, 6) is -0.0981. The van der Waals surface area contributed by atoms with Crippen molar-refractivity contribution in [2.45, 2.75) is 26.9 Å². The third kappa shape index (κ3) is 4.18. The van der Waals surface area contributed by atoms with Crippen LogP contribution < -0.4 is 5.56 Å². The molecule has 1 amide bonds. The second kappa shape index (κ2) is 8.37. The van der Waals surface area contributed by atoms with E-state index in [1.165, 1.54) is 5.56 Å². The molecule has 0 aliphatic carbocycles. The number of hydrogen-bond acceptors (Lipinski definition) is 2. The summed E-state index contributed by atoms with van der Waals surface area (Å²) in [6.07, 6.45) is 0. The molecule has 150 valence electrons. The minimum Gasteiger partial charge on any atom is -0.330 e. The van der Waals surface area contributed by atoms with Crippen LogP contribution in [0, 0.1) is 13.8 Å². The Morgan fingerprint density at radius 1 is 0.833 bits per heavy atom. The van der Waals surface area contributed by atoms with Gasteiger partial charge in [0.25, 0.3) is 11.5 Å². The molecule has 0 spiro atoms. The van der Waals surface area contributed by atoms with Gasteiger partial charge in [0, 0.05) is 23.2 Å². The second-order valence-electron chi connectivity index (χ2n) is 7.66. The number of nitrogens with zero attached hydrogens (tertiary/aromatic N) is 1. The summed E-state index contributed by atoms with van der Waals surface area (Å²) >= 11 is 0. The summed E-state index contributed by atoms with van der Waals surface area (Å²) in [4.78, 5) is 30.7. The van der Waals surface area contributed by atoms with Crippen molar-refractivity contribution in [3.63, 3.8) is 0 Å². The van der Waals surface area contributed by atoms with E-state index in [2.05, 4.69) is 18.0 Å². The molecule has 0 radical (unpaired) electrons. The van der Waals surface area contributed by atoms with Gasteiger partial charge in [-0.15, -0.1) is 0 Å². The van der Waals surface area contributed by atoms with Crippen LogP contribution in [0.25, 0.3) is 10.9 Å². The van der Waals surface area contributed by atoms with Crippen LogP contribution >= 0.6 is 0 Å². The molecule has 30 heavy (non-hydrogen) atoms.